The highest BCUT2D eigenvalue weighted by Gasteiger charge is 2.31. The van der Waals surface area contributed by atoms with Crippen molar-refractivity contribution in [1.29, 1.82) is 0 Å². The first-order valence-corrected chi connectivity index (χ1v) is 15.1. The van der Waals surface area contributed by atoms with Crippen molar-refractivity contribution in [3.8, 4) is 0 Å². The lowest BCUT2D eigenvalue weighted by atomic mass is 9.67. The minimum absolute atomic E-state index is 0.149. The van der Waals surface area contributed by atoms with Gasteiger partial charge in [0.1, 0.15) is 6.61 Å². The van der Waals surface area contributed by atoms with Gasteiger partial charge in [0.05, 0.1) is 6.26 Å². The Kier molecular flexibility index (Phi) is 18.1. The summed E-state index contributed by atoms with van der Waals surface area (Å²) in [5.74, 6) is -0.0500. The van der Waals surface area contributed by atoms with Gasteiger partial charge in [-0.25, -0.2) is 0 Å². The number of unbranched alkanes of at least 4 members (excludes halogenated alkanes) is 12. The third-order valence-corrected chi connectivity index (χ3v) is 7.76. The van der Waals surface area contributed by atoms with E-state index in [1.807, 2.05) is 0 Å². The molecule has 4 heteroatoms. The molecule has 0 bridgehead atoms. The topological polar surface area (TPSA) is 52.6 Å². The third kappa shape index (κ3) is 16.6. The molecule has 0 aromatic heterocycles. The minimum Gasteiger partial charge on any atom is -0.461 e. The second kappa shape index (κ2) is 20.2. The smallest absolute Gasteiger partial charge is 0.307 e. The van der Waals surface area contributed by atoms with E-state index >= 15 is 0 Å². The van der Waals surface area contributed by atoms with E-state index in [0.717, 1.165) is 31.3 Å². The van der Waals surface area contributed by atoms with Gasteiger partial charge >= 0.3 is 11.9 Å². The van der Waals surface area contributed by atoms with Crippen LogP contribution in [0.1, 0.15) is 144 Å². The number of allylic oxidation sites excluding steroid dienone is 3. The fraction of sp³-hybridized carbons (Fsp3) is 0.758. The van der Waals surface area contributed by atoms with E-state index in [9.17, 15) is 9.59 Å². The summed E-state index contributed by atoms with van der Waals surface area (Å²) in [6.45, 7) is 10.7. The summed E-state index contributed by atoms with van der Waals surface area (Å²) >= 11 is 0. The van der Waals surface area contributed by atoms with Crippen molar-refractivity contribution in [2.45, 2.75) is 144 Å². The van der Waals surface area contributed by atoms with E-state index in [2.05, 4.69) is 39.8 Å². The molecule has 1 aliphatic rings. The molecule has 1 aliphatic carbocycles. The summed E-state index contributed by atoms with van der Waals surface area (Å²) in [6, 6.07) is 0. The Balaban J connectivity index is 2.29. The highest BCUT2D eigenvalue weighted by Crippen LogP contribution is 2.43. The van der Waals surface area contributed by atoms with Crippen LogP contribution in [0.2, 0.25) is 0 Å². The van der Waals surface area contributed by atoms with Crippen LogP contribution in [-0.4, -0.2) is 18.5 Å². The Hall–Kier alpha value is -1.84. The van der Waals surface area contributed by atoms with Gasteiger partial charge in [-0.2, -0.15) is 0 Å². The van der Waals surface area contributed by atoms with E-state index in [1.54, 1.807) is 6.08 Å². The lowest BCUT2D eigenvalue weighted by Gasteiger charge is -2.38. The molecular formula is C33H56O4. The van der Waals surface area contributed by atoms with Gasteiger partial charge in [0, 0.05) is 13.3 Å². The van der Waals surface area contributed by atoms with E-state index in [1.165, 1.54) is 95.8 Å². The van der Waals surface area contributed by atoms with Gasteiger partial charge in [0.15, 0.2) is 0 Å². The van der Waals surface area contributed by atoms with Crippen LogP contribution in [0.15, 0.2) is 35.6 Å². The quantitative estimate of drug-likeness (QED) is 0.0531. The molecule has 37 heavy (non-hydrogen) atoms. The Morgan fingerprint density at radius 3 is 2.05 bits per heavy atom. The molecule has 0 aliphatic heterocycles. The number of hydrogen-bond acceptors (Lipinski definition) is 4. The lowest BCUT2D eigenvalue weighted by molar-refractivity contribution is -0.142. The van der Waals surface area contributed by atoms with Crippen LogP contribution in [0, 0.1) is 11.3 Å². The fourth-order valence-corrected chi connectivity index (χ4v) is 5.29. The van der Waals surface area contributed by atoms with Crippen molar-refractivity contribution in [3.05, 3.63) is 35.6 Å². The Morgan fingerprint density at radius 2 is 1.51 bits per heavy atom. The second-order valence-electron chi connectivity index (χ2n) is 11.6. The number of rotatable bonds is 20. The predicted octanol–water partition coefficient (Wildman–Crippen LogP) is 9.79. The van der Waals surface area contributed by atoms with Crippen LogP contribution in [0.25, 0.3) is 0 Å². The zero-order chi connectivity index (χ0) is 27.4. The van der Waals surface area contributed by atoms with Crippen molar-refractivity contribution in [2.24, 2.45) is 11.3 Å². The fourth-order valence-electron chi connectivity index (χ4n) is 5.29. The Bertz CT molecular complexity index is 729. The lowest BCUT2D eigenvalue weighted by Crippen LogP contribution is -2.27. The maximum absolute atomic E-state index is 12.3. The molecule has 1 rings (SSSR count). The molecule has 0 fully saturated rings. The molecule has 1 atom stereocenters. The van der Waals surface area contributed by atoms with Crippen molar-refractivity contribution in [1.82, 2.24) is 0 Å². The van der Waals surface area contributed by atoms with Gasteiger partial charge in [0.2, 0.25) is 0 Å². The van der Waals surface area contributed by atoms with Crippen molar-refractivity contribution in [3.63, 3.8) is 0 Å². The SMILES string of the molecule is CCCCCCCCCCCCCCCC(=O)OCC(/C=C/OC(C)=O)=C/CC1C(C)=CCCC1(C)C. The monoisotopic (exact) mass is 516 g/mol. The van der Waals surface area contributed by atoms with Crippen LogP contribution in [0.5, 0.6) is 0 Å². The van der Waals surface area contributed by atoms with Crippen LogP contribution in [0.3, 0.4) is 0 Å². The first-order chi connectivity index (χ1) is 17.8. The number of hydrogen-bond donors (Lipinski definition) is 0. The van der Waals surface area contributed by atoms with E-state index in [4.69, 9.17) is 9.47 Å². The van der Waals surface area contributed by atoms with Crippen molar-refractivity contribution >= 4 is 11.9 Å². The highest BCUT2D eigenvalue weighted by atomic mass is 16.5. The normalized spacial score (nSPS) is 17.6. The number of carbonyl (C=O) groups excluding carboxylic acids is 2. The van der Waals surface area contributed by atoms with Gasteiger partial charge < -0.3 is 9.47 Å². The maximum Gasteiger partial charge on any atom is 0.307 e. The first kappa shape index (κ1) is 33.2. The molecule has 0 heterocycles. The molecule has 0 N–H and O–H groups in total. The minimum atomic E-state index is -0.359. The standard InChI is InChI=1S/C33H56O4/c1-6-7-8-9-10-11-12-13-14-15-16-17-18-21-32(35)37-27-30(24-26-36-29(3)34)22-23-31-28(2)20-19-25-33(31,4)5/h20,22,24,26,31H,6-19,21,23,25,27H2,1-5H3/b26-24+,30-22+. The predicted molar refractivity (Wildman–Crippen MR) is 155 cm³/mol. The third-order valence-electron chi connectivity index (χ3n) is 7.76. The van der Waals surface area contributed by atoms with Gasteiger partial charge in [-0.15, -0.1) is 0 Å². The molecule has 0 spiro atoms. The molecule has 0 amide bonds. The van der Waals surface area contributed by atoms with Crippen LogP contribution in [0.4, 0.5) is 0 Å². The van der Waals surface area contributed by atoms with Gasteiger partial charge in [-0.3, -0.25) is 9.59 Å². The molecule has 1 unspecified atom stereocenters. The summed E-state index contributed by atoms with van der Waals surface area (Å²) in [6.07, 6.45) is 28.0. The molecule has 4 nitrogen and oxygen atoms in total. The van der Waals surface area contributed by atoms with Gasteiger partial charge in [0.25, 0.3) is 0 Å². The van der Waals surface area contributed by atoms with E-state index in [0.29, 0.717) is 12.3 Å². The Morgan fingerprint density at radius 1 is 0.946 bits per heavy atom. The molecule has 0 radical (unpaired) electrons. The van der Waals surface area contributed by atoms with E-state index < -0.39 is 0 Å². The average Bonchev–Trinajstić information content (AvgIpc) is 2.84. The van der Waals surface area contributed by atoms with Gasteiger partial charge in [-0.05, 0) is 55.6 Å². The van der Waals surface area contributed by atoms with Crippen molar-refractivity contribution < 1.29 is 19.1 Å². The largest absolute Gasteiger partial charge is 0.461 e. The molecule has 212 valence electrons. The summed E-state index contributed by atoms with van der Waals surface area (Å²) in [7, 11) is 0. The summed E-state index contributed by atoms with van der Waals surface area (Å²) in [5.41, 5.74) is 2.54. The van der Waals surface area contributed by atoms with Gasteiger partial charge in [-0.1, -0.05) is 116 Å². The first-order valence-electron chi connectivity index (χ1n) is 15.1. The van der Waals surface area contributed by atoms with Crippen LogP contribution in [-0.2, 0) is 19.1 Å². The molecule has 0 saturated heterocycles. The second-order valence-corrected chi connectivity index (χ2v) is 11.6. The van der Waals surface area contributed by atoms with E-state index in [-0.39, 0.29) is 24.0 Å². The highest BCUT2D eigenvalue weighted by molar-refractivity contribution is 5.69. The molecule has 0 saturated carbocycles. The zero-order valence-electron chi connectivity index (χ0n) is 24.7. The molecule has 0 aromatic carbocycles. The Labute approximate surface area is 228 Å². The van der Waals surface area contributed by atoms with Crippen molar-refractivity contribution in [2.75, 3.05) is 6.61 Å². The summed E-state index contributed by atoms with van der Waals surface area (Å²) < 4.78 is 10.5. The molecule has 0 aromatic rings. The zero-order valence-corrected chi connectivity index (χ0v) is 24.7. The summed E-state index contributed by atoms with van der Waals surface area (Å²) in [5, 5.41) is 0. The summed E-state index contributed by atoms with van der Waals surface area (Å²) in [4.78, 5) is 23.5. The number of esters is 2. The van der Waals surface area contributed by atoms with Crippen LogP contribution >= 0.6 is 0 Å². The number of carbonyl (C=O) groups is 2. The average molecular weight is 517 g/mol. The molecular weight excluding hydrogens is 460 g/mol. The maximum atomic E-state index is 12.3. The van der Waals surface area contributed by atoms with Crippen LogP contribution < -0.4 is 0 Å². The number of ether oxygens (including phenoxy) is 2.